The molecular weight excluding hydrogens is 268 g/mol. The van der Waals surface area contributed by atoms with E-state index in [1.807, 2.05) is 38.1 Å². The summed E-state index contributed by atoms with van der Waals surface area (Å²) < 4.78 is 4.66. The summed E-state index contributed by atoms with van der Waals surface area (Å²) in [7, 11) is 1.31. The molecule has 0 atom stereocenters. The summed E-state index contributed by atoms with van der Waals surface area (Å²) in [5.74, 6) is -0.635. The van der Waals surface area contributed by atoms with Gasteiger partial charge in [0.1, 0.15) is 6.54 Å². The maximum absolute atomic E-state index is 12.7. The predicted octanol–water partition coefficient (Wildman–Crippen LogP) is 2.26. The number of nitrogens with zero attached hydrogens (tertiary/aromatic N) is 2. The molecule has 5 nitrogen and oxygen atoms in total. The SMILES string of the molecule is COC(=O)CN(C(=O)c1ccnc2ccccc12)C(C)C. The number of ether oxygens (including phenoxy) is 1. The molecule has 0 fully saturated rings. The van der Waals surface area contributed by atoms with Crippen molar-refractivity contribution in [3.05, 3.63) is 42.1 Å². The molecular formula is C16H18N2O3. The average Bonchev–Trinajstić information content (AvgIpc) is 2.50. The number of hydrogen-bond donors (Lipinski definition) is 0. The van der Waals surface area contributed by atoms with E-state index in [9.17, 15) is 9.59 Å². The van der Waals surface area contributed by atoms with E-state index < -0.39 is 5.97 Å². The maximum atomic E-state index is 12.7. The fraction of sp³-hybridized carbons (Fsp3) is 0.312. The molecule has 0 N–H and O–H groups in total. The van der Waals surface area contributed by atoms with Crippen molar-refractivity contribution in [1.29, 1.82) is 0 Å². The van der Waals surface area contributed by atoms with Crippen LogP contribution in [0.25, 0.3) is 10.9 Å². The molecule has 0 bridgehead atoms. The molecule has 1 aromatic carbocycles. The molecule has 0 aliphatic carbocycles. The lowest BCUT2D eigenvalue weighted by Gasteiger charge is -2.26. The van der Waals surface area contributed by atoms with Crippen molar-refractivity contribution < 1.29 is 14.3 Å². The summed E-state index contributed by atoms with van der Waals surface area (Å²) in [4.78, 5) is 30.0. The Morgan fingerprint density at radius 3 is 2.62 bits per heavy atom. The number of fused-ring (bicyclic) bond motifs is 1. The quantitative estimate of drug-likeness (QED) is 0.809. The molecule has 0 spiro atoms. The van der Waals surface area contributed by atoms with Crippen molar-refractivity contribution in [2.24, 2.45) is 0 Å². The second-order valence-electron chi connectivity index (χ2n) is 4.98. The van der Waals surface area contributed by atoms with Crippen molar-refractivity contribution in [3.8, 4) is 0 Å². The Balaban J connectivity index is 2.41. The van der Waals surface area contributed by atoms with Gasteiger partial charge in [0, 0.05) is 17.6 Å². The number of carbonyl (C=O) groups is 2. The highest BCUT2D eigenvalue weighted by Crippen LogP contribution is 2.19. The molecule has 5 heteroatoms. The van der Waals surface area contributed by atoms with E-state index >= 15 is 0 Å². The van der Waals surface area contributed by atoms with Gasteiger partial charge in [0.2, 0.25) is 0 Å². The monoisotopic (exact) mass is 286 g/mol. The zero-order valence-corrected chi connectivity index (χ0v) is 12.4. The first kappa shape index (κ1) is 15.0. The van der Waals surface area contributed by atoms with Gasteiger partial charge in [-0.05, 0) is 26.0 Å². The molecule has 21 heavy (non-hydrogen) atoms. The van der Waals surface area contributed by atoms with E-state index in [0.717, 1.165) is 10.9 Å². The molecule has 0 aliphatic heterocycles. The van der Waals surface area contributed by atoms with E-state index in [1.165, 1.54) is 12.0 Å². The van der Waals surface area contributed by atoms with Crippen molar-refractivity contribution in [2.75, 3.05) is 13.7 Å². The van der Waals surface area contributed by atoms with E-state index in [0.29, 0.717) is 5.56 Å². The van der Waals surface area contributed by atoms with Crippen molar-refractivity contribution in [3.63, 3.8) is 0 Å². The number of carbonyl (C=O) groups excluding carboxylic acids is 2. The maximum Gasteiger partial charge on any atom is 0.325 e. The average molecular weight is 286 g/mol. The van der Waals surface area contributed by atoms with Gasteiger partial charge in [0.15, 0.2) is 0 Å². The minimum Gasteiger partial charge on any atom is -0.468 e. The Hall–Kier alpha value is -2.43. The standard InChI is InChI=1S/C16H18N2O3/c1-11(2)18(10-15(19)21-3)16(20)13-8-9-17-14-7-5-4-6-12(13)14/h4-9,11H,10H2,1-3H3. The van der Waals surface area contributed by atoms with E-state index in [2.05, 4.69) is 9.72 Å². The number of esters is 1. The number of aromatic nitrogens is 1. The number of pyridine rings is 1. The Morgan fingerprint density at radius 1 is 1.24 bits per heavy atom. The molecule has 0 aliphatic rings. The number of hydrogen-bond acceptors (Lipinski definition) is 4. The van der Waals surface area contributed by atoms with Crippen LogP contribution in [0.15, 0.2) is 36.5 Å². The van der Waals surface area contributed by atoms with E-state index in [-0.39, 0.29) is 18.5 Å². The fourth-order valence-corrected chi connectivity index (χ4v) is 2.13. The van der Waals surface area contributed by atoms with E-state index in [4.69, 9.17) is 0 Å². The van der Waals surface area contributed by atoms with Gasteiger partial charge in [-0.2, -0.15) is 0 Å². The lowest BCUT2D eigenvalue weighted by molar-refractivity contribution is -0.141. The van der Waals surface area contributed by atoms with E-state index in [1.54, 1.807) is 12.3 Å². The Kier molecular flexibility index (Phi) is 4.52. The zero-order valence-electron chi connectivity index (χ0n) is 12.4. The van der Waals surface area contributed by atoms with Crippen LogP contribution in [0.1, 0.15) is 24.2 Å². The van der Waals surface area contributed by atoms with Gasteiger partial charge in [-0.15, -0.1) is 0 Å². The number of rotatable bonds is 4. The smallest absolute Gasteiger partial charge is 0.325 e. The number of benzene rings is 1. The minimum atomic E-state index is -0.435. The second-order valence-corrected chi connectivity index (χ2v) is 4.98. The van der Waals surface area contributed by atoms with Gasteiger partial charge in [0.25, 0.3) is 5.91 Å². The topological polar surface area (TPSA) is 59.5 Å². The predicted molar refractivity (Wildman–Crippen MR) is 79.9 cm³/mol. The van der Waals surface area contributed by atoms with Crippen LogP contribution in [0.4, 0.5) is 0 Å². The molecule has 110 valence electrons. The van der Waals surface area contributed by atoms with Crippen LogP contribution in [0.5, 0.6) is 0 Å². The summed E-state index contributed by atoms with van der Waals surface area (Å²) in [6.45, 7) is 3.66. The number of methoxy groups -OCH3 is 1. The molecule has 0 saturated heterocycles. The van der Waals surface area contributed by atoms with Gasteiger partial charge >= 0.3 is 5.97 Å². The van der Waals surface area contributed by atoms with Crippen LogP contribution < -0.4 is 0 Å². The van der Waals surface area contributed by atoms with Crippen molar-refractivity contribution in [2.45, 2.75) is 19.9 Å². The van der Waals surface area contributed by atoms with Gasteiger partial charge in [-0.25, -0.2) is 0 Å². The van der Waals surface area contributed by atoms with Crippen LogP contribution in [0.2, 0.25) is 0 Å². The third-order valence-corrected chi connectivity index (χ3v) is 3.29. The fourth-order valence-electron chi connectivity index (χ4n) is 2.13. The van der Waals surface area contributed by atoms with Crippen LogP contribution in [-0.2, 0) is 9.53 Å². The van der Waals surface area contributed by atoms with Crippen LogP contribution in [0.3, 0.4) is 0 Å². The summed E-state index contributed by atoms with van der Waals surface area (Å²) in [5.41, 5.74) is 1.29. The van der Waals surface area contributed by atoms with Gasteiger partial charge in [-0.3, -0.25) is 14.6 Å². The molecule has 0 saturated carbocycles. The summed E-state index contributed by atoms with van der Waals surface area (Å²) in [5, 5.41) is 0.778. The molecule has 1 amide bonds. The van der Waals surface area contributed by atoms with Crippen molar-refractivity contribution >= 4 is 22.8 Å². The van der Waals surface area contributed by atoms with Crippen LogP contribution in [0, 0.1) is 0 Å². The highest BCUT2D eigenvalue weighted by molar-refractivity contribution is 6.06. The highest BCUT2D eigenvalue weighted by atomic mass is 16.5. The molecule has 0 unspecified atom stereocenters. The number of para-hydroxylation sites is 1. The lowest BCUT2D eigenvalue weighted by Crippen LogP contribution is -2.41. The van der Waals surface area contributed by atoms with Gasteiger partial charge in [0.05, 0.1) is 18.2 Å². The minimum absolute atomic E-state index is 0.0658. The van der Waals surface area contributed by atoms with Gasteiger partial charge in [-0.1, -0.05) is 18.2 Å². The molecule has 1 heterocycles. The third-order valence-electron chi connectivity index (χ3n) is 3.29. The summed E-state index contributed by atoms with van der Waals surface area (Å²) in [6, 6.07) is 9.01. The molecule has 2 rings (SSSR count). The highest BCUT2D eigenvalue weighted by Gasteiger charge is 2.23. The first-order chi connectivity index (χ1) is 10.0. The summed E-state index contributed by atoms with van der Waals surface area (Å²) >= 11 is 0. The lowest BCUT2D eigenvalue weighted by atomic mass is 10.1. The molecule has 1 aromatic heterocycles. The van der Waals surface area contributed by atoms with Crippen molar-refractivity contribution in [1.82, 2.24) is 9.88 Å². The van der Waals surface area contributed by atoms with Gasteiger partial charge < -0.3 is 9.64 Å². The summed E-state index contributed by atoms with van der Waals surface area (Å²) in [6.07, 6.45) is 1.60. The Morgan fingerprint density at radius 2 is 1.95 bits per heavy atom. The van der Waals surface area contributed by atoms with Crippen LogP contribution in [-0.4, -0.2) is 41.5 Å². The Bertz CT molecular complexity index is 662. The second kappa shape index (κ2) is 6.35. The third kappa shape index (κ3) is 3.18. The first-order valence-corrected chi connectivity index (χ1v) is 6.76. The molecule has 0 radical (unpaired) electrons. The number of amides is 1. The Labute approximate surface area is 123 Å². The first-order valence-electron chi connectivity index (χ1n) is 6.76. The normalized spacial score (nSPS) is 10.7. The molecule has 2 aromatic rings. The zero-order chi connectivity index (χ0) is 15.4. The largest absolute Gasteiger partial charge is 0.468 e. The van der Waals surface area contributed by atoms with Crippen LogP contribution >= 0.6 is 0 Å².